The first-order chi connectivity index (χ1) is 5.79. The normalized spacial score (nSPS) is 11.2. The smallest absolute Gasteiger partial charge is 0.180 e. The standard InChI is InChI=1S/C6H4Cl2N4/c7-5(8)3-4-6(11-1-9-3)12-2-10-4/h1-2,5H,(H,9,10,11,12). The molecule has 0 aliphatic rings. The van der Waals surface area contributed by atoms with Crippen LogP contribution in [0.5, 0.6) is 0 Å². The van der Waals surface area contributed by atoms with Crippen molar-refractivity contribution in [3.63, 3.8) is 0 Å². The van der Waals surface area contributed by atoms with Crippen LogP contribution in [-0.2, 0) is 0 Å². The predicted molar refractivity (Wildman–Crippen MR) is 46.1 cm³/mol. The Kier molecular flexibility index (Phi) is 1.86. The third kappa shape index (κ3) is 1.13. The van der Waals surface area contributed by atoms with Crippen molar-refractivity contribution in [2.45, 2.75) is 4.84 Å². The Morgan fingerprint density at radius 2 is 2.08 bits per heavy atom. The number of imidazole rings is 1. The Hall–Kier alpha value is -0.870. The number of halogens is 2. The van der Waals surface area contributed by atoms with E-state index in [0.29, 0.717) is 16.9 Å². The number of nitrogens with zero attached hydrogens (tertiary/aromatic N) is 3. The molecule has 2 aromatic heterocycles. The Labute approximate surface area is 78.0 Å². The number of aromatic nitrogens is 4. The lowest BCUT2D eigenvalue weighted by atomic mass is 10.4. The molecule has 12 heavy (non-hydrogen) atoms. The Morgan fingerprint density at radius 1 is 1.25 bits per heavy atom. The first kappa shape index (κ1) is 7.76. The van der Waals surface area contributed by atoms with Crippen LogP contribution in [0.25, 0.3) is 11.2 Å². The van der Waals surface area contributed by atoms with Gasteiger partial charge in [-0.2, -0.15) is 0 Å². The Bertz CT molecular complexity index is 397. The zero-order valence-electron chi connectivity index (χ0n) is 5.83. The van der Waals surface area contributed by atoms with Gasteiger partial charge in [0, 0.05) is 0 Å². The van der Waals surface area contributed by atoms with Gasteiger partial charge in [-0.05, 0) is 0 Å². The summed E-state index contributed by atoms with van der Waals surface area (Å²) in [5.41, 5.74) is 1.82. The molecule has 62 valence electrons. The van der Waals surface area contributed by atoms with Gasteiger partial charge in [-0.25, -0.2) is 15.0 Å². The van der Waals surface area contributed by atoms with Crippen molar-refractivity contribution < 1.29 is 0 Å². The second-order valence-electron chi connectivity index (χ2n) is 2.16. The quantitative estimate of drug-likeness (QED) is 0.719. The van der Waals surface area contributed by atoms with Crippen molar-refractivity contribution in [2.24, 2.45) is 0 Å². The average molecular weight is 203 g/mol. The molecule has 0 spiro atoms. The van der Waals surface area contributed by atoms with Crippen LogP contribution in [0.4, 0.5) is 0 Å². The molecule has 0 atom stereocenters. The number of nitrogens with one attached hydrogen (secondary N) is 1. The van der Waals surface area contributed by atoms with Gasteiger partial charge in [0.1, 0.15) is 17.5 Å². The van der Waals surface area contributed by atoms with Crippen LogP contribution in [0.3, 0.4) is 0 Å². The van der Waals surface area contributed by atoms with Gasteiger partial charge in [0.2, 0.25) is 0 Å². The van der Waals surface area contributed by atoms with Crippen LogP contribution < -0.4 is 0 Å². The van der Waals surface area contributed by atoms with Crippen molar-refractivity contribution >= 4 is 34.4 Å². The summed E-state index contributed by atoms with van der Waals surface area (Å²) in [6.07, 6.45) is 2.91. The summed E-state index contributed by atoms with van der Waals surface area (Å²) in [6.45, 7) is 0. The van der Waals surface area contributed by atoms with E-state index in [0.717, 1.165) is 0 Å². The fraction of sp³-hybridized carbons (Fsp3) is 0.167. The number of rotatable bonds is 1. The van der Waals surface area contributed by atoms with E-state index < -0.39 is 4.84 Å². The minimum absolute atomic E-state index is 0.556. The highest BCUT2D eigenvalue weighted by Crippen LogP contribution is 2.26. The molecule has 0 amide bonds. The molecule has 2 heterocycles. The molecule has 0 fully saturated rings. The summed E-state index contributed by atoms with van der Waals surface area (Å²) in [5, 5.41) is 0. The highest BCUT2D eigenvalue weighted by atomic mass is 35.5. The predicted octanol–water partition coefficient (Wildman–Crippen LogP) is 1.83. The van der Waals surface area contributed by atoms with Gasteiger partial charge in [0.05, 0.1) is 6.33 Å². The molecular formula is C6H4Cl2N4. The lowest BCUT2D eigenvalue weighted by Gasteiger charge is -1.99. The molecule has 0 unspecified atom stereocenters. The van der Waals surface area contributed by atoms with Crippen LogP contribution in [0.15, 0.2) is 12.7 Å². The van der Waals surface area contributed by atoms with Gasteiger partial charge in [0.25, 0.3) is 0 Å². The van der Waals surface area contributed by atoms with Crippen molar-refractivity contribution in [1.29, 1.82) is 0 Å². The van der Waals surface area contributed by atoms with E-state index in [1.54, 1.807) is 0 Å². The van der Waals surface area contributed by atoms with Gasteiger partial charge in [-0.15, -0.1) is 0 Å². The summed E-state index contributed by atoms with van der Waals surface area (Å²) in [6, 6.07) is 0. The molecule has 0 aromatic carbocycles. The first-order valence-corrected chi connectivity index (χ1v) is 4.08. The van der Waals surface area contributed by atoms with E-state index in [4.69, 9.17) is 23.2 Å². The molecule has 0 saturated carbocycles. The average Bonchev–Trinajstić information content (AvgIpc) is 2.49. The van der Waals surface area contributed by atoms with E-state index in [9.17, 15) is 0 Å². The molecule has 0 saturated heterocycles. The van der Waals surface area contributed by atoms with Crippen LogP contribution >= 0.6 is 23.2 Å². The monoisotopic (exact) mass is 202 g/mol. The van der Waals surface area contributed by atoms with Crippen molar-refractivity contribution in [1.82, 2.24) is 19.9 Å². The van der Waals surface area contributed by atoms with Gasteiger partial charge in [0.15, 0.2) is 10.5 Å². The number of alkyl halides is 2. The summed E-state index contributed by atoms with van der Waals surface area (Å²) in [7, 11) is 0. The van der Waals surface area contributed by atoms with Crippen molar-refractivity contribution in [3.8, 4) is 0 Å². The zero-order chi connectivity index (χ0) is 8.55. The lowest BCUT2D eigenvalue weighted by Crippen LogP contribution is -1.91. The zero-order valence-corrected chi connectivity index (χ0v) is 7.34. The van der Waals surface area contributed by atoms with Crippen LogP contribution in [0, 0.1) is 0 Å². The maximum Gasteiger partial charge on any atom is 0.180 e. The molecule has 2 aromatic rings. The Morgan fingerprint density at radius 3 is 2.83 bits per heavy atom. The molecule has 0 radical (unpaired) electrons. The molecular weight excluding hydrogens is 199 g/mol. The van der Waals surface area contributed by atoms with Gasteiger partial charge in [-0.1, -0.05) is 23.2 Å². The molecule has 2 rings (SSSR count). The molecule has 0 bridgehead atoms. The number of hydrogen-bond acceptors (Lipinski definition) is 3. The third-order valence-corrected chi connectivity index (χ3v) is 1.87. The largest absolute Gasteiger partial charge is 0.342 e. The third-order valence-electron chi connectivity index (χ3n) is 1.46. The van der Waals surface area contributed by atoms with Gasteiger partial charge < -0.3 is 4.98 Å². The van der Waals surface area contributed by atoms with Crippen LogP contribution in [-0.4, -0.2) is 19.9 Å². The second-order valence-corrected chi connectivity index (χ2v) is 3.26. The first-order valence-electron chi connectivity index (χ1n) is 3.21. The van der Waals surface area contributed by atoms with Crippen LogP contribution in [0.1, 0.15) is 10.5 Å². The van der Waals surface area contributed by atoms with Crippen LogP contribution in [0.2, 0.25) is 0 Å². The molecule has 0 aliphatic heterocycles. The highest BCUT2D eigenvalue weighted by Gasteiger charge is 2.11. The van der Waals surface area contributed by atoms with Gasteiger partial charge in [-0.3, -0.25) is 0 Å². The second kappa shape index (κ2) is 2.88. The number of fused-ring (bicyclic) bond motifs is 1. The number of aromatic amines is 1. The maximum absolute atomic E-state index is 5.67. The Balaban J connectivity index is 2.73. The summed E-state index contributed by atoms with van der Waals surface area (Å²) < 4.78 is 0. The van der Waals surface area contributed by atoms with Crippen molar-refractivity contribution in [3.05, 3.63) is 18.3 Å². The summed E-state index contributed by atoms with van der Waals surface area (Å²) in [5.74, 6) is 0. The van der Waals surface area contributed by atoms with E-state index in [2.05, 4.69) is 19.9 Å². The molecule has 1 N–H and O–H groups in total. The highest BCUT2D eigenvalue weighted by molar-refractivity contribution is 6.44. The van der Waals surface area contributed by atoms with E-state index >= 15 is 0 Å². The minimum Gasteiger partial charge on any atom is -0.342 e. The van der Waals surface area contributed by atoms with Crippen molar-refractivity contribution in [2.75, 3.05) is 0 Å². The fourth-order valence-corrected chi connectivity index (χ4v) is 1.28. The van der Waals surface area contributed by atoms with E-state index in [1.807, 2.05) is 0 Å². The van der Waals surface area contributed by atoms with E-state index in [-0.39, 0.29) is 0 Å². The van der Waals surface area contributed by atoms with E-state index in [1.165, 1.54) is 12.7 Å². The SMILES string of the molecule is ClC(Cl)c1ncnc2nc[nH]c12. The molecule has 4 nitrogen and oxygen atoms in total. The molecule has 6 heteroatoms. The molecule has 0 aliphatic carbocycles. The minimum atomic E-state index is -0.657. The summed E-state index contributed by atoms with van der Waals surface area (Å²) >= 11 is 11.3. The maximum atomic E-state index is 5.67. The summed E-state index contributed by atoms with van der Waals surface area (Å²) in [4.78, 5) is 14.0. The lowest BCUT2D eigenvalue weighted by molar-refractivity contribution is 1.10. The fourth-order valence-electron chi connectivity index (χ4n) is 0.949. The van der Waals surface area contributed by atoms with Gasteiger partial charge >= 0.3 is 0 Å². The number of H-pyrrole nitrogens is 1. The number of hydrogen-bond donors (Lipinski definition) is 1. The topological polar surface area (TPSA) is 54.5 Å².